The topological polar surface area (TPSA) is 96.2 Å². The predicted molar refractivity (Wildman–Crippen MR) is 95.8 cm³/mol. The summed E-state index contributed by atoms with van der Waals surface area (Å²) in [5.41, 5.74) is 5.74. The summed E-state index contributed by atoms with van der Waals surface area (Å²) in [6, 6.07) is 13.4. The van der Waals surface area contributed by atoms with Gasteiger partial charge < -0.3 is 5.11 Å². The third-order valence-corrected chi connectivity index (χ3v) is 3.99. The van der Waals surface area contributed by atoms with Gasteiger partial charge in [0.25, 0.3) is 11.8 Å². The molecule has 0 spiro atoms. The van der Waals surface area contributed by atoms with Crippen LogP contribution in [0.2, 0.25) is 5.02 Å². The highest BCUT2D eigenvalue weighted by atomic mass is 35.5. The molecule has 0 saturated heterocycles. The van der Waals surface area contributed by atoms with Gasteiger partial charge in [0.05, 0.1) is 23.9 Å². The lowest BCUT2D eigenvalue weighted by Crippen LogP contribution is -2.41. The molecule has 8 heteroatoms. The van der Waals surface area contributed by atoms with Gasteiger partial charge in [-0.25, -0.2) is 0 Å². The van der Waals surface area contributed by atoms with Gasteiger partial charge in [-0.1, -0.05) is 41.9 Å². The average Bonchev–Trinajstić information content (AvgIpc) is 3.10. The lowest BCUT2D eigenvalue weighted by Gasteiger charge is -2.07. The van der Waals surface area contributed by atoms with Crippen LogP contribution < -0.4 is 10.9 Å². The first-order valence-electron chi connectivity index (χ1n) is 7.69. The van der Waals surface area contributed by atoms with E-state index in [1.54, 1.807) is 29.1 Å². The number of hydrogen-bond acceptors (Lipinski definition) is 4. The van der Waals surface area contributed by atoms with E-state index in [2.05, 4.69) is 16.0 Å². The smallest absolute Gasteiger partial charge is 0.273 e. The molecule has 0 aliphatic carbocycles. The number of carbonyl (C=O) groups is 2. The Morgan fingerprint density at radius 1 is 1.04 bits per heavy atom. The standard InChI is InChI=1S/C18H15ClN4O3/c19-15-7-3-1-5-12(15)10-23-11-13(9-20-23)17(25)21-22-18(26)14-6-2-4-8-16(14)24/h1-9,11,24H,10H2,(H,21,25)(H,22,26). The molecule has 0 saturated carbocycles. The van der Waals surface area contributed by atoms with Crippen molar-refractivity contribution < 1.29 is 14.7 Å². The Hall–Kier alpha value is -3.32. The van der Waals surface area contributed by atoms with Gasteiger partial charge in [-0.05, 0) is 23.8 Å². The maximum absolute atomic E-state index is 12.1. The molecule has 0 radical (unpaired) electrons. The normalized spacial score (nSPS) is 10.3. The van der Waals surface area contributed by atoms with Crippen molar-refractivity contribution in [1.82, 2.24) is 20.6 Å². The van der Waals surface area contributed by atoms with Crippen LogP contribution in [0.4, 0.5) is 0 Å². The molecule has 0 atom stereocenters. The number of nitrogens with zero attached hydrogens (tertiary/aromatic N) is 2. The van der Waals surface area contributed by atoms with E-state index in [0.29, 0.717) is 11.6 Å². The van der Waals surface area contributed by atoms with Gasteiger partial charge in [0.2, 0.25) is 0 Å². The maximum Gasteiger partial charge on any atom is 0.273 e. The maximum atomic E-state index is 12.1. The molecule has 1 aromatic heterocycles. The molecule has 0 unspecified atom stereocenters. The van der Waals surface area contributed by atoms with Crippen LogP contribution in [0.1, 0.15) is 26.3 Å². The minimum atomic E-state index is -0.625. The molecule has 0 fully saturated rings. The number of aromatic nitrogens is 2. The number of nitrogens with one attached hydrogen (secondary N) is 2. The number of carbonyl (C=O) groups excluding carboxylic acids is 2. The van der Waals surface area contributed by atoms with Crippen molar-refractivity contribution in [2.75, 3.05) is 0 Å². The highest BCUT2D eigenvalue weighted by Crippen LogP contribution is 2.16. The summed E-state index contributed by atoms with van der Waals surface area (Å²) in [6.07, 6.45) is 2.93. The minimum absolute atomic E-state index is 0.0576. The molecule has 2 amide bonds. The van der Waals surface area contributed by atoms with Crippen LogP contribution in [0.3, 0.4) is 0 Å². The van der Waals surface area contributed by atoms with Gasteiger partial charge in [-0.15, -0.1) is 0 Å². The Balaban J connectivity index is 1.61. The summed E-state index contributed by atoms with van der Waals surface area (Å²) in [7, 11) is 0. The summed E-state index contributed by atoms with van der Waals surface area (Å²) in [5.74, 6) is -1.33. The fourth-order valence-corrected chi connectivity index (χ4v) is 2.48. The lowest BCUT2D eigenvalue weighted by atomic mass is 10.2. The van der Waals surface area contributed by atoms with E-state index < -0.39 is 11.8 Å². The number of benzene rings is 2. The summed E-state index contributed by atoms with van der Waals surface area (Å²) in [4.78, 5) is 24.1. The van der Waals surface area contributed by atoms with E-state index in [1.165, 1.54) is 18.3 Å². The Labute approximate surface area is 154 Å². The molecule has 3 N–H and O–H groups in total. The molecular formula is C18H15ClN4O3. The van der Waals surface area contributed by atoms with Crippen molar-refractivity contribution in [3.63, 3.8) is 0 Å². The Bertz CT molecular complexity index is 955. The number of halogens is 1. The molecule has 0 aliphatic rings. The van der Waals surface area contributed by atoms with Crippen molar-refractivity contribution in [2.24, 2.45) is 0 Å². The number of para-hydroxylation sites is 1. The van der Waals surface area contributed by atoms with Crippen LogP contribution in [0.5, 0.6) is 5.75 Å². The first kappa shape index (κ1) is 17.5. The third kappa shape index (κ3) is 4.01. The molecule has 132 valence electrons. The fraction of sp³-hybridized carbons (Fsp3) is 0.0556. The lowest BCUT2D eigenvalue weighted by molar-refractivity contribution is 0.0845. The van der Waals surface area contributed by atoms with Crippen LogP contribution in [0.25, 0.3) is 0 Å². The molecule has 2 aromatic carbocycles. The zero-order valence-electron chi connectivity index (χ0n) is 13.5. The number of amides is 2. The van der Waals surface area contributed by atoms with E-state index in [4.69, 9.17) is 11.6 Å². The SMILES string of the molecule is O=C(NNC(=O)c1ccccc1O)c1cnn(Cc2ccccc2Cl)c1. The Kier molecular flexibility index (Phi) is 5.19. The van der Waals surface area contributed by atoms with Crippen LogP contribution in [-0.2, 0) is 6.54 Å². The first-order valence-corrected chi connectivity index (χ1v) is 8.07. The third-order valence-electron chi connectivity index (χ3n) is 3.62. The highest BCUT2D eigenvalue weighted by Gasteiger charge is 2.13. The molecular weight excluding hydrogens is 356 g/mol. The second kappa shape index (κ2) is 7.71. The van der Waals surface area contributed by atoms with Crippen LogP contribution in [0, 0.1) is 0 Å². The Morgan fingerprint density at radius 3 is 2.50 bits per heavy atom. The second-order valence-corrected chi connectivity index (χ2v) is 5.85. The zero-order valence-corrected chi connectivity index (χ0v) is 14.3. The molecule has 1 heterocycles. The van der Waals surface area contributed by atoms with E-state index in [9.17, 15) is 14.7 Å². The van der Waals surface area contributed by atoms with Crippen molar-refractivity contribution in [1.29, 1.82) is 0 Å². The monoisotopic (exact) mass is 370 g/mol. The van der Waals surface area contributed by atoms with E-state index in [0.717, 1.165) is 5.56 Å². The Morgan fingerprint density at radius 2 is 1.73 bits per heavy atom. The summed E-state index contributed by atoms with van der Waals surface area (Å²) >= 11 is 6.11. The molecule has 3 aromatic rings. The zero-order chi connectivity index (χ0) is 18.5. The number of hydrogen-bond donors (Lipinski definition) is 3. The number of phenolic OH excluding ortho intramolecular Hbond substituents is 1. The van der Waals surface area contributed by atoms with Gasteiger partial charge in [-0.2, -0.15) is 5.10 Å². The van der Waals surface area contributed by atoms with E-state index in [-0.39, 0.29) is 16.9 Å². The number of hydrazine groups is 1. The number of rotatable bonds is 4. The summed E-state index contributed by atoms with van der Waals surface area (Å²) in [5, 5.41) is 14.4. The minimum Gasteiger partial charge on any atom is -0.507 e. The van der Waals surface area contributed by atoms with Gasteiger partial charge in [0.15, 0.2) is 0 Å². The van der Waals surface area contributed by atoms with Crippen LogP contribution in [-0.4, -0.2) is 26.7 Å². The largest absolute Gasteiger partial charge is 0.507 e. The highest BCUT2D eigenvalue weighted by molar-refractivity contribution is 6.31. The van der Waals surface area contributed by atoms with Crippen molar-refractivity contribution in [3.8, 4) is 5.75 Å². The first-order chi connectivity index (χ1) is 12.5. The van der Waals surface area contributed by atoms with E-state index >= 15 is 0 Å². The predicted octanol–water partition coefficient (Wildman–Crippen LogP) is 2.37. The number of aromatic hydroxyl groups is 1. The summed E-state index contributed by atoms with van der Waals surface area (Å²) < 4.78 is 1.57. The van der Waals surface area contributed by atoms with Crippen molar-refractivity contribution >= 4 is 23.4 Å². The van der Waals surface area contributed by atoms with Crippen LogP contribution >= 0.6 is 11.6 Å². The molecule has 7 nitrogen and oxygen atoms in total. The van der Waals surface area contributed by atoms with Gasteiger partial charge in [0.1, 0.15) is 5.75 Å². The molecule has 3 rings (SSSR count). The quantitative estimate of drug-likeness (QED) is 0.614. The number of phenols is 1. The fourth-order valence-electron chi connectivity index (χ4n) is 2.29. The summed E-state index contributed by atoms with van der Waals surface area (Å²) in [6.45, 7) is 0.414. The molecule has 0 bridgehead atoms. The molecule has 26 heavy (non-hydrogen) atoms. The van der Waals surface area contributed by atoms with Gasteiger partial charge in [-0.3, -0.25) is 25.1 Å². The van der Waals surface area contributed by atoms with Gasteiger partial charge >= 0.3 is 0 Å². The van der Waals surface area contributed by atoms with Gasteiger partial charge in [0, 0.05) is 11.2 Å². The second-order valence-electron chi connectivity index (χ2n) is 5.44. The molecule has 0 aliphatic heterocycles. The van der Waals surface area contributed by atoms with Crippen molar-refractivity contribution in [3.05, 3.63) is 82.6 Å². The average molecular weight is 371 g/mol. The van der Waals surface area contributed by atoms with Crippen LogP contribution in [0.15, 0.2) is 60.9 Å². The van der Waals surface area contributed by atoms with E-state index in [1.807, 2.05) is 18.2 Å². The van der Waals surface area contributed by atoms with Crippen molar-refractivity contribution in [2.45, 2.75) is 6.54 Å².